The first kappa shape index (κ1) is 22.8. The number of fused-ring (bicyclic) bond motifs is 1. The molecule has 0 unspecified atom stereocenters. The summed E-state index contributed by atoms with van der Waals surface area (Å²) in [6, 6.07) is 23.6. The molecule has 0 radical (unpaired) electrons. The molecule has 34 heavy (non-hydrogen) atoms. The van der Waals surface area contributed by atoms with Crippen LogP contribution in [0.2, 0.25) is 0 Å². The van der Waals surface area contributed by atoms with Crippen molar-refractivity contribution in [2.45, 2.75) is 13.1 Å². The fraction of sp³-hybridized carbons (Fsp3) is 0.192. The molecule has 174 valence electrons. The number of rotatable bonds is 7. The van der Waals surface area contributed by atoms with Gasteiger partial charge in [-0.1, -0.05) is 54.6 Å². The first-order valence-electron chi connectivity index (χ1n) is 10.9. The summed E-state index contributed by atoms with van der Waals surface area (Å²) in [7, 11) is 1.60. The van der Waals surface area contributed by atoms with Gasteiger partial charge in [-0.2, -0.15) is 0 Å². The number of methoxy groups -OCH3 is 1. The predicted molar refractivity (Wildman–Crippen MR) is 130 cm³/mol. The molecule has 3 aromatic carbocycles. The van der Waals surface area contributed by atoms with E-state index >= 15 is 0 Å². The second kappa shape index (κ2) is 10.5. The number of anilines is 2. The van der Waals surface area contributed by atoms with Crippen LogP contribution in [-0.2, 0) is 22.7 Å². The molecule has 0 fully saturated rings. The van der Waals surface area contributed by atoms with Crippen molar-refractivity contribution < 1.29 is 19.1 Å². The molecule has 0 aliphatic carbocycles. The molecule has 0 saturated carbocycles. The highest BCUT2D eigenvalue weighted by Gasteiger charge is 2.33. The first-order valence-corrected chi connectivity index (χ1v) is 10.9. The highest BCUT2D eigenvalue weighted by Crippen LogP contribution is 2.33. The fourth-order valence-electron chi connectivity index (χ4n) is 3.73. The maximum absolute atomic E-state index is 12.9. The van der Waals surface area contributed by atoms with E-state index in [1.807, 2.05) is 54.6 Å². The molecule has 3 aromatic rings. The summed E-state index contributed by atoms with van der Waals surface area (Å²) in [6.45, 7) is 0.402. The lowest BCUT2D eigenvalue weighted by atomic mass is 10.1. The van der Waals surface area contributed by atoms with Gasteiger partial charge in [0.05, 0.1) is 18.5 Å². The van der Waals surface area contributed by atoms with Crippen LogP contribution in [0.15, 0.2) is 78.9 Å². The van der Waals surface area contributed by atoms with E-state index in [4.69, 9.17) is 4.74 Å². The van der Waals surface area contributed by atoms with E-state index in [9.17, 15) is 14.4 Å². The third kappa shape index (κ3) is 5.35. The summed E-state index contributed by atoms with van der Waals surface area (Å²) in [5, 5.41) is 5.70. The number of carbonyl (C=O) groups is 3. The molecule has 1 heterocycles. The summed E-state index contributed by atoms with van der Waals surface area (Å²) in [5.41, 5.74) is 2.98. The van der Waals surface area contributed by atoms with E-state index in [0.29, 0.717) is 24.5 Å². The van der Waals surface area contributed by atoms with E-state index in [-0.39, 0.29) is 30.9 Å². The number of urea groups is 1. The number of hydrogen-bond acceptors (Lipinski definition) is 4. The number of nitrogens with zero attached hydrogens (tertiary/aromatic N) is 2. The Hall–Kier alpha value is -4.33. The van der Waals surface area contributed by atoms with Crippen LogP contribution in [0.1, 0.15) is 11.1 Å². The number of ether oxygens (including phenoxy) is 1. The van der Waals surface area contributed by atoms with Crippen molar-refractivity contribution in [3.05, 3.63) is 90.0 Å². The molecule has 1 aliphatic rings. The highest BCUT2D eigenvalue weighted by molar-refractivity contribution is 6.12. The van der Waals surface area contributed by atoms with E-state index < -0.39 is 0 Å². The van der Waals surface area contributed by atoms with Crippen LogP contribution >= 0.6 is 0 Å². The lowest BCUT2D eigenvalue weighted by Crippen LogP contribution is -2.53. The van der Waals surface area contributed by atoms with Crippen molar-refractivity contribution in [1.82, 2.24) is 10.6 Å². The number of nitrogens with one attached hydrogen (secondary N) is 2. The minimum Gasteiger partial charge on any atom is -0.497 e. The Labute approximate surface area is 198 Å². The molecule has 0 spiro atoms. The van der Waals surface area contributed by atoms with E-state index in [0.717, 1.165) is 16.9 Å². The average Bonchev–Trinajstić information content (AvgIpc) is 2.88. The number of hydrogen-bond donors (Lipinski definition) is 2. The Kier molecular flexibility index (Phi) is 7.07. The van der Waals surface area contributed by atoms with Gasteiger partial charge in [0.15, 0.2) is 0 Å². The predicted octanol–water partition coefficient (Wildman–Crippen LogP) is 3.07. The minimum atomic E-state index is -0.367. The summed E-state index contributed by atoms with van der Waals surface area (Å²) in [6.07, 6.45) is 0. The summed E-state index contributed by atoms with van der Waals surface area (Å²) in [4.78, 5) is 41.2. The zero-order chi connectivity index (χ0) is 23.9. The molecule has 8 nitrogen and oxygen atoms in total. The third-order valence-corrected chi connectivity index (χ3v) is 5.54. The van der Waals surface area contributed by atoms with Gasteiger partial charge < -0.3 is 15.4 Å². The van der Waals surface area contributed by atoms with Crippen molar-refractivity contribution in [3.8, 4) is 5.75 Å². The summed E-state index contributed by atoms with van der Waals surface area (Å²) < 4.78 is 5.14. The lowest BCUT2D eigenvalue weighted by Gasteiger charge is -2.35. The quantitative estimate of drug-likeness (QED) is 0.569. The molecule has 4 amide bonds. The standard InChI is InChI=1S/C26H26N4O4/c1-34-21-13-11-20(12-14-21)15-27-24(31)17-29-22-9-5-6-10-23(22)30(18-25(29)32)26(33)28-16-19-7-3-2-4-8-19/h2-14H,15-18H2,1H3,(H,27,31)(H,28,33). The van der Waals surface area contributed by atoms with Crippen molar-refractivity contribution in [2.24, 2.45) is 0 Å². The van der Waals surface area contributed by atoms with Crippen LogP contribution < -0.4 is 25.2 Å². The molecule has 1 aliphatic heterocycles. The monoisotopic (exact) mass is 458 g/mol. The Bertz CT molecular complexity index is 1160. The van der Waals surface area contributed by atoms with Crippen LogP contribution in [0.25, 0.3) is 0 Å². The maximum Gasteiger partial charge on any atom is 0.322 e. The van der Waals surface area contributed by atoms with Gasteiger partial charge in [-0.15, -0.1) is 0 Å². The molecule has 8 heteroatoms. The minimum absolute atomic E-state index is 0.133. The van der Waals surface area contributed by atoms with Gasteiger partial charge in [0.25, 0.3) is 0 Å². The van der Waals surface area contributed by atoms with Crippen LogP contribution in [-0.4, -0.2) is 38.0 Å². The highest BCUT2D eigenvalue weighted by atomic mass is 16.5. The smallest absolute Gasteiger partial charge is 0.322 e. The lowest BCUT2D eigenvalue weighted by molar-refractivity contribution is -0.123. The van der Waals surface area contributed by atoms with Gasteiger partial charge in [-0.3, -0.25) is 19.4 Å². The zero-order valence-electron chi connectivity index (χ0n) is 18.9. The van der Waals surface area contributed by atoms with Gasteiger partial charge in [0.2, 0.25) is 11.8 Å². The van der Waals surface area contributed by atoms with Crippen molar-refractivity contribution in [2.75, 3.05) is 30.0 Å². The molecule has 0 aromatic heterocycles. The Morgan fingerprint density at radius 3 is 2.15 bits per heavy atom. The van der Waals surface area contributed by atoms with Gasteiger partial charge in [-0.05, 0) is 35.4 Å². The Morgan fingerprint density at radius 2 is 1.44 bits per heavy atom. The van der Waals surface area contributed by atoms with E-state index in [1.54, 1.807) is 31.4 Å². The number of amides is 4. The van der Waals surface area contributed by atoms with Crippen LogP contribution in [0.5, 0.6) is 5.75 Å². The maximum atomic E-state index is 12.9. The number of carbonyl (C=O) groups excluding carboxylic acids is 3. The van der Waals surface area contributed by atoms with E-state index in [2.05, 4.69) is 10.6 Å². The third-order valence-electron chi connectivity index (χ3n) is 5.54. The molecule has 2 N–H and O–H groups in total. The average molecular weight is 459 g/mol. The molecule has 0 atom stereocenters. The van der Waals surface area contributed by atoms with E-state index in [1.165, 1.54) is 9.80 Å². The van der Waals surface area contributed by atoms with Crippen LogP contribution in [0, 0.1) is 0 Å². The largest absolute Gasteiger partial charge is 0.497 e. The Balaban J connectivity index is 1.41. The first-order chi connectivity index (χ1) is 16.5. The van der Waals surface area contributed by atoms with Crippen molar-refractivity contribution in [3.63, 3.8) is 0 Å². The van der Waals surface area contributed by atoms with Crippen LogP contribution in [0.4, 0.5) is 16.2 Å². The normalized spacial score (nSPS) is 12.7. The second-order valence-electron chi connectivity index (χ2n) is 7.82. The zero-order valence-corrected chi connectivity index (χ0v) is 18.9. The van der Waals surface area contributed by atoms with Crippen LogP contribution in [0.3, 0.4) is 0 Å². The topological polar surface area (TPSA) is 91.0 Å². The number of benzene rings is 3. The molecule has 0 bridgehead atoms. The summed E-state index contributed by atoms with van der Waals surface area (Å²) >= 11 is 0. The number of para-hydroxylation sites is 2. The molecule has 4 rings (SSSR count). The summed E-state index contributed by atoms with van der Waals surface area (Å²) in [5.74, 6) is 0.122. The van der Waals surface area contributed by atoms with Gasteiger partial charge >= 0.3 is 6.03 Å². The van der Waals surface area contributed by atoms with Crippen molar-refractivity contribution >= 4 is 29.2 Å². The SMILES string of the molecule is COc1ccc(CNC(=O)CN2C(=O)CN(C(=O)NCc3ccccc3)c3ccccc32)cc1. The van der Waals surface area contributed by atoms with Gasteiger partial charge in [0.1, 0.15) is 18.8 Å². The van der Waals surface area contributed by atoms with Crippen molar-refractivity contribution in [1.29, 1.82) is 0 Å². The second-order valence-corrected chi connectivity index (χ2v) is 7.82. The molecule has 0 saturated heterocycles. The fourth-order valence-corrected chi connectivity index (χ4v) is 3.73. The Morgan fingerprint density at radius 1 is 0.824 bits per heavy atom. The molecular weight excluding hydrogens is 432 g/mol. The van der Waals surface area contributed by atoms with Gasteiger partial charge in [0, 0.05) is 13.1 Å². The molecular formula is C26H26N4O4. The van der Waals surface area contributed by atoms with Gasteiger partial charge in [-0.25, -0.2) is 4.79 Å².